The maximum Gasteiger partial charge on any atom is 0.248 e. The van der Waals surface area contributed by atoms with E-state index >= 15 is 0 Å². The van der Waals surface area contributed by atoms with E-state index in [1.807, 2.05) is 10.9 Å². The highest BCUT2D eigenvalue weighted by atomic mass is 16.7. The molecular formula is C18H28N4O3. The smallest absolute Gasteiger partial charge is 0.248 e. The summed E-state index contributed by atoms with van der Waals surface area (Å²) in [6.45, 7) is 6.01. The van der Waals surface area contributed by atoms with Crippen LogP contribution in [0.5, 0.6) is 0 Å². The summed E-state index contributed by atoms with van der Waals surface area (Å²) in [5.41, 5.74) is 1.20. The summed E-state index contributed by atoms with van der Waals surface area (Å²) in [5, 5.41) is 6.04. The van der Waals surface area contributed by atoms with Crippen molar-refractivity contribution in [3.8, 4) is 0 Å². The Morgan fingerprint density at radius 3 is 2.92 bits per heavy atom. The predicted molar refractivity (Wildman–Crippen MR) is 91.6 cm³/mol. The molecule has 3 aliphatic rings. The van der Waals surface area contributed by atoms with E-state index in [9.17, 15) is 4.79 Å². The summed E-state index contributed by atoms with van der Waals surface area (Å²) in [6, 6.07) is 2.17. The van der Waals surface area contributed by atoms with Gasteiger partial charge in [-0.2, -0.15) is 5.10 Å². The molecule has 2 saturated heterocycles. The number of hydrogen-bond acceptors (Lipinski definition) is 5. The molecule has 2 fully saturated rings. The molecule has 0 aliphatic carbocycles. The average molecular weight is 348 g/mol. The van der Waals surface area contributed by atoms with Crippen molar-refractivity contribution in [3.05, 3.63) is 18.0 Å². The van der Waals surface area contributed by atoms with Crippen LogP contribution in [-0.2, 0) is 20.9 Å². The monoisotopic (exact) mass is 348 g/mol. The van der Waals surface area contributed by atoms with Crippen LogP contribution < -0.4 is 0 Å². The molecule has 4 rings (SSSR count). The summed E-state index contributed by atoms with van der Waals surface area (Å²) in [4.78, 5) is 20.6. The Hall–Kier alpha value is -1.44. The summed E-state index contributed by atoms with van der Waals surface area (Å²) >= 11 is 0. The quantitative estimate of drug-likeness (QED) is 0.827. The van der Waals surface area contributed by atoms with Gasteiger partial charge in [0.25, 0.3) is 0 Å². The molecule has 0 unspecified atom stereocenters. The number of fused-ring (bicyclic) bond motifs is 1. The van der Waals surface area contributed by atoms with Crippen molar-refractivity contribution in [2.24, 2.45) is 5.92 Å². The van der Waals surface area contributed by atoms with Crippen molar-refractivity contribution < 1.29 is 14.4 Å². The van der Waals surface area contributed by atoms with Crippen LogP contribution in [0.4, 0.5) is 0 Å². The second-order valence-corrected chi connectivity index (χ2v) is 7.41. The predicted octanol–water partition coefficient (Wildman–Crippen LogP) is 1.61. The minimum atomic E-state index is 0.0825. The second kappa shape index (κ2) is 7.85. The maximum absolute atomic E-state index is 12.6. The van der Waals surface area contributed by atoms with E-state index in [-0.39, 0.29) is 11.9 Å². The van der Waals surface area contributed by atoms with E-state index in [0.717, 1.165) is 58.5 Å². The van der Waals surface area contributed by atoms with Crippen LogP contribution in [-0.4, -0.2) is 65.1 Å². The van der Waals surface area contributed by atoms with Crippen LogP contribution in [0.2, 0.25) is 0 Å². The third kappa shape index (κ3) is 4.04. The first-order valence-electron chi connectivity index (χ1n) is 9.55. The molecule has 0 aromatic carbocycles. The molecule has 0 N–H and O–H groups in total. The third-order valence-electron chi connectivity index (χ3n) is 5.50. The van der Waals surface area contributed by atoms with Gasteiger partial charge in [-0.05, 0) is 37.7 Å². The lowest BCUT2D eigenvalue weighted by Crippen LogP contribution is -2.43. The lowest BCUT2D eigenvalue weighted by atomic mass is 9.98. The van der Waals surface area contributed by atoms with Gasteiger partial charge in [-0.3, -0.25) is 19.2 Å². The largest absolute Gasteiger partial charge is 0.381 e. The molecule has 0 bridgehead atoms. The number of amides is 1. The van der Waals surface area contributed by atoms with Gasteiger partial charge in [0, 0.05) is 45.6 Å². The van der Waals surface area contributed by atoms with E-state index in [0.29, 0.717) is 25.5 Å². The van der Waals surface area contributed by atoms with Gasteiger partial charge in [0.2, 0.25) is 5.91 Å². The molecule has 1 amide bonds. The number of ether oxygens (including phenoxy) is 1. The van der Waals surface area contributed by atoms with Crippen LogP contribution in [0, 0.1) is 5.92 Å². The van der Waals surface area contributed by atoms with Gasteiger partial charge in [-0.15, -0.1) is 0 Å². The molecule has 1 aromatic rings. The minimum absolute atomic E-state index is 0.0825. The summed E-state index contributed by atoms with van der Waals surface area (Å²) in [5.74, 6) is 0.782. The molecule has 7 nitrogen and oxygen atoms in total. The molecule has 1 aromatic heterocycles. The SMILES string of the molecule is O=C(C[C@H]1CN(CC2CCOCC2)Cc2ccnn21)N1CCCCO1. The third-order valence-corrected chi connectivity index (χ3v) is 5.50. The lowest BCUT2D eigenvalue weighted by molar-refractivity contribution is -0.198. The van der Waals surface area contributed by atoms with Gasteiger partial charge in [-0.1, -0.05) is 0 Å². The fraction of sp³-hybridized carbons (Fsp3) is 0.778. The molecule has 4 heterocycles. The van der Waals surface area contributed by atoms with Gasteiger partial charge in [-0.25, -0.2) is 5.06 Å². The number of rotatable bonds is 4. The Morgan fingerprint density at radius 2 is 2.12 bits per heavy atom. The van der Waals surface area contributed by atoms with Gasteiger partial charge in [0.05, 0.1) is 24.8 Å². The molecule has 7 heteroatoms. The molecule has 3 aliphatic heterocycles. The van der Waals surface area contributed by atoms with E-state index in [4.69, 9.17) is 9.57 Å². The molecular weight excluding hydrogens is 320 g/mol. The molecule has 138 valence electrons. The molecule has 0 radical (unpaired) electrons. The van der Waals surface area contributed by atoms with Gasteiger partial charge in [0.1, 0.15) is 0 Å². The number of carbonyl (C=O) groups excluding carboxylic acids is 1. The fourth-order valence-electron chi connectivity index (χ4n) is 4.15. The standard InChI is InChI=1S/C18H28N4O3/c23-18(21-7-1-2-8-25-21)11-17-14-20(12-15-4-9-24-10-5-15)13-16-3-6-19-22(16)17/h3,6,15,17H,1-2,4-5,7-14H2/t17-/m0/s1. The zero-order valence-electron chi connectivity index (χ0n) is 14.8. The van der Waals surface area contributed by atoms with Gasteiger partial charge in [0.15, 0.2) is 0 Å². The van der Waals surface area contributed by atoms with Crippen LogP contribution in [0.1, 0.15) is 43.8 Å². The number of aromatic nitrogens is 2. The van der Waals surface area contributed by atoms with E-state index < -0.39 is 0 Å². The number of hydrogen-bond donors (Lipinski definition) is 0. The lowest BCUT2D eigenvalue weighted by Gasteiger charge is -2.37. The molecule has 1 atom stereocenters. The van der Waals surface area contributed by atoms with E-state index in [2.05, 4.69) is 16.1 Å². The highest BCUT2D eigenvalue weighted by Crippen LogP contribution is 2.26. The second-order valence-electron chi connectivity index (χ2n) is 7.41. The van der Waals surface area contributed by atoms with Crippen molar-refractivity contribution in [1.82, 2.24) is 19.7 Å². The normalized spacial score (nSPS) is 25.8. The average Bonchev–Trinajstić information content (AvgIpc) is 3.12. The van der Waals surface area contributed by atoms with E-state index in [1.165, 1.54) is 5.69 Å². The van der Waals surface area contributed by atoms with Crippen molar-refractivity contribution in [1.29, 1.82) is 0 Å². The molecule has 25 heavy (non-hydrogen) atoms. The maximum atomic E-state index is 12.6. The molecule has 0 spiro atoms. The summed E-state index contributed by atoms with van der Waals surface area (Å²) < 4.78 is 7.52. The number of carbonyl (C=O) groups is 1. The van der Waals surface area contributed by atoms with Gasteiger partial charge < -0.3 is 4.74 Å². The Morgan fingerprint density at radius 1 is 1.24 bits per heavy atom. The Balaban J connectivity index is 1.40. The Kier molecular flexibility index (Phi) is 5.33. The van der Waals surface area contributed by atoms with E-state index in [1.54, 1.807) is 5.06 Å². The van der Waals surface area contributed by atoms with Crippen LogP contribution in [0.15, 0.2) is 12.3 Å². The van der Waals surface area contributed by atoms with Crippen molar-refractivity contribution in [3.63, 3.8) is 0 Å². The number of hydroxylamine groups is 2. The van der Waals surface area contributed by atoms with Gasteiger partial charge >= 0.3 is 0 Å². The van der Waals surface area contributed by atoms with Crippen molar-refractivity contribution >= 4 is 5.91 Å². The van der Waals surface area contributed by atoms with Crippen molar-refractivity contribution in [2.75, 3.05) is 39.5 Å². The highest BCUT2D eigenvalue weighted by Gasteiger charge is 2.31. The zero-order valence-corrected chi connectivity index (χ0v) is 14.8. The van der Waals surface area contributed by atoms with Crippen LogP contribution >= 0.6 is 0 Å². The highest BCUT2D eigenvalue weighted by molar-refractivity contribution is 5.75. The van der Waals surface area contributed by atoms with Crippen molar-refractivity contribution in [2.45, 2.75) is 44.7 Å². The Bertz CT molecular complexity index is 579. The zero-order chi connectivity index (χ0) is 17.1. The summed E-state index contributed by atoms with van der Waals surface area (Å²) in [7, 11) is 0. The summed E-state index contributed by atoms with van der Waals surface area (Å²) in [6.07, 6.45) is 6.65. The fourth-order valence-corrected chi connectivity index (χ4v) is 4.15. The van der Waals surface area contributed by atoms with Crippen LogP contribution in [0.25, 0.3) is 0 Å². The topological polar surface area (TPSA) is 59.8 Å². The molecule has 0 saturated carbocycles. The minimum Gasteiger partial charge on any atom is -0.381 e. The Labute approximate surface area is 148 Å². The first-order valence-corrected chi connectivity index (χ1v) is 9.55. The number of nitrogens with zero attached hydrogens (tertiary/aromatic N) is 4. The first-order chi connectivity index (χ1) is 12.3. The van der Waals surface area contributed by atoms with Crippen LogP contribution in [0.3, 0.4) is 0 Å². The first kappa shape index (κ1) is 17.0.